The van der Waals surface area contributed by atoms with E-state index in [0.29, 0.717) is 11.3 Å². The second-order valence-corrected chi connectivity index (χ2v) is 7.34. The molecular formula is C20H24N4O2. The molecule has 1 aliphatic carbocycles. The number of amides is 1. The Bertz CT molecular complexity index is 830. The molecule has 1 atom stereocenters. The van der Waals surface area contributed by atoms with E-state index in [1.165, 1.54) is 25.5 Å². The number of anilines is 1. The van der Waals surface area contributed by atoms with Crippen LogP contribution in [0.4, 0.5) is 5.95 Å². The molecule has 1 amide bonds. The molecule has 1 fully saturated rings. The summed E-state index contributed by atoms with van der Waals surface area (Å²) in [7, 11) is 0. The highest BCUT2D eigenvalue weighted by atomic mass is 16.5. The van der Waals surface area contributed by atoms with Crippen LogP contribution >= 0.6 is 0 Å². The zero-order valence-corrected chi connectivity index (χ0v) is 15.0. The van der Waals surface area contributed by atoms with Crippen molar-refractivity contribution in [2.24, 2.45) is 0 Å². The largest absolute Gasteiger partial charge is 0.487 e. The predicted molar refractivity (Wildman–Crippen MR) is 98.9 cm³/mol. The highest BCUT2D eigenvalue weighted by Crippen LogP contribution is 2.46. The Balaban J connectivity index is 1.62. The van der Waals surface area contributed by atoms with Crippen LogP contribution in [0.2, 0.25) is 0 Å². The standard InChI is InChI=1S/C20H24N4O2/c1-13-15(12-22-19(21)23-13)18(25)24-16-11-20(9-5-2-6-10-20)26-17-8-4-3-7-14(16)17/h3-4,7-8,12,16H,2,5-6,9-11H2,1H3,(H,24,25)(H2,21,22,23)/t16-/m0/s1. The van der Waals surface area contributed by atoms with Crippen molar-refractivity contribution in [3.63, 3.8) is 0 Å². The maximum atomic E-state index is 12.9. The molecule has 136 valence electrons. The molecule has 6 nitrogen and oxygen atoms in total. The fraction of sp³-hybridized carbons (Fsp3) is 0.450. The second kappa shape index (κ2) is 6.59. The summed E-state index contributed by atoms with van der Waals surface area (Å²) in [6.45, 7) is 1.77. The fourth-order valence-electron chi connectivity index (χ4n) is 4.19. The number of aromatic nitrogens is 2. The highest BCUT2D eigenvalue weighted by Gasteiger charge is 2.42. The summed E-state index contributed by atoms with van der Waals surface area (Å²) >= 11 is 0. The van der Waals surface area contributed by atoms with Crippen LogP contribution in [-0.4, -0.2) is 21.5 Å². The smallest absolute Gasteiger partial charge is 0.255 e. The quantitative estimate of drug-likeness (QED) is 0.865. The number of fused-ring (bicyclic) bond motifs is 1. The molecule has 1 saturated carbocycles. The first-order valence-electron chi connectivity index (χ1n) is 9.24. The number of carbonyl (C=O) groups is 1. The van der Waals surface area contributed by atoms with Crippen molar-refractivity contribution in [3.05, 3.63) is 47.3 Å². The van der Waals surface area contributed by atoms with Crippen molar-refractivity contribution in [2.75, 3.05) is 5.73 Å². The normalized spacial score (nSPS) is 20.9. The van der Waals surface area contributed by atoms with Crippen LogP contribution in [0.5, 0.6) is 5.75 Å². The molecule has 0 unspecified atom stereocenters. The van der Waals surface area contributed by atoms with Gasteiger partial charge in [-0.05, 0) is 38.7 Å². The number of hydrogen-bond donors (Lipinski definition) is 2. The van der Waals surface area contributed by atoms with Gasteiger partial charge in [0.25, 0.3) is 5.91 Å². The monoisotopic (exact) mass is 352 g/mol. The molecule has 2 heterocycles. The van der Waals surface area contributed by atoms with Crippen LogP contribution in [0.15, 0.2) is 30.5 Å². The summed E-state index contributed by atoms with van der Waals surface area (Å²) in [5, 5.41) is 3.18. The maximum Gasteiger partial charge on any atom is 0.255 e. The minimum atomic E-state index is -0.171. The molecule has 26 heavy (non-hydrogen) atoms. The number of ether oxygens (including phenoxy) is 1. The van der Waals surface area contributed by atoms with Crippen molar-refractivity contribution in [1.29, 1.82) is 0 Å². The molecule has 0 saturated heterocycles. The number of nitrogen functional groups attached to an aromatic ring is 1. The number of hydrogen-bond acceptors (Lipinski definition) is 5. The third-order valence-corrected chi connectivity index (χ3v) is 5.51. The number of aryl methyl sites for hydroxylation is 1. The molecule has 6 heteroatoms. The van der Waals surface area contributed by atoms with Gasteiger partial charge in [-0.15, -0.1) is 0 Å². The molecular weight excluding hydrogens is 328 g/mol. The first kappa shape index (κ1) is 16.8. The third kappa shape index (κ3) is 3.11. The van der Waals surface area contributed by atoms with E-state index in [0.717, 1.165) is 30.6 Å². The van der Waals surface area contributed by atoms with E-state index in [1.54, 1.807) is 6.92 Å². The SMILES string of the molecule is Cc1nc(N)ncc1C(=O)N[C@H]1CC2(CCCCC2)Oc2ccccc21. The number of para-hydroxylation sites is 1. The maximum absolute atomic E-state index is 12.9. The third-order valence-electron chi connectivity index (χ3n) is 5.51. The van der Waals surface area contributed by atoms with Crippen molar-refractivity contribution >= 4 is 11.9 Å². The fourth-order valence-corrected chi connectivity index (χ4v) is 4.19. The van der Waals surface area contributed by atoms with Gasteiger partial charge in [0, 0.05) is 18.2 Å². The second-order valence-electron chi connectivity index (χ2n) is 7.34. The average molecular weight is 352 g/mol. The van der Waals surface area contributed by atoms with Crippen LogP contribution < -0.4 is 15.8 Å². The number of benzene rings is 1. The van der Waals surface area contributed by atoms with Gasteiger partial charge in [-0.25, -0.2) is 9.97 Å². The zero-order chi connectivity index (χ0) is 18.1. The van der Waals surface area contributed by atoms with Crippen LogP contribution in [0, 0.1) is 6.92 Å². The van der Waals surface area contributed by atoms with E-state index in [1.807, 2.05) is 24.3 Å². The Morgan fingerprint density at radius 2 is 2.04 bits per heavy atom. The number of nitrogens with one attached hydrogen (secondary N) is 1. The van der Waals surface area contributed by atoms with Crippen molar-refractivity contribution in [1.82, 2.24) is 15.3 Å². The molecule has 1 aliphatic heterocycles. The van der Waals surface area contributed by atoms with Crippen LogP contribution in [0.1, 0.15) is 66.2 Å². The Labute approximate surface area is 153 Å². The Kier molecular flexibility index (Phi) is 4.26. The lowest BCUT2D eigenvalue weighted by atomic mass is 9.77. The summed E-state index contributed by atoms with van der Waals surface area (Å²) in [5.74, 6) is 0.892. The van der Waals surface area contributed by atoms with Crippen molar-refractivity contribution in [3.8, 4) is 5.75 Å². The Morgan fingerprint density at radius 1 is 1.27 bits per heavy atom. The summed E-state index contributed by atoms with van der Waals surface area (Å²) < 4.78 is 6.42. The van der Waals surface area contributed by atoms with Gasteiger partial charge in [-0.2, -0.15) is 0 Å². The van der Waals surface area contributed by atoms with Gasteiger partial charge < -0.3 is 15.8 Å². The minimum Gasteiger partial charge on any atom is -0.487 e. The van der Waals surface area contributed by atoms with Gasteiger partial charge >= 0.3 is 0 Å². The van der Waals surface area contributed by atoms with E-state index in [4.69, 9.17) is 10.5 Å². The first-order chi connectivity index (χ1) is 12.6. The average Bonchev–Trinajstić information content (AvgIpc) is 2.62. The summed E-state index contributed by atoms with van der Waals surface area (Å²) in [6.07, 6.45) is 7.97. The lowest BCUT2D eigenvalue weighted by Crippen LogP contribution is -2.46. The highest BCUT2D eigenvalue weighted by molar-refractivity contribution is 5.95. The van der Waals surface area contributed by atoms with E-state index in [2.05, 4.69) is 15.3 Å². The molecule has 2 aliphatic rings. The molecule has 3 N–H and O–H groups in total. The topological polar surface area (TPSA) is 90.1 Å². The molecule has 2 aromatic rings. The number of nitrogens with two attached hydrogens (primary N) is 1. The lowest BCUT2D eigenvalue weighted by Gasteiger charge is -2.44. The molecule has 1 aromatic carbocycles. The number of nitrogens with zero attached hydrogens (tertiary/aromatic N) is 2. The van der Waals surface area contributed by atoms with Gasteiger partial charge in [-0.1, -0.05) is 24.6 Å². The van der Waals surface area contributed by atoms with Crippen LogP contribution in [-0.2, 0) is 0 Å². The van der Waals surface area contributed by atoms with Gasteiger partial charge in [0.2, 0.25) is 5.95 Å². The molecule has 0 radical (unpaired) electrons. The predicted octanol–water partition coefficient (Wildman–Crippen LogP) is 3.32. The van der Waals surface area contributed by atoms with Crippen molar-refractivity contribution < 1.29 is 9.53 Å². The molecule has 0 bridgehead atoms. The van der Waals surface area contributed by atoms with Crippen LogP contribution in [0.25, 0.3) is 0 Å². The van der Waals surface area contributed by atoms with Gasteiger partial charge in [0.1, 0.15) is 11.4 Å². The van der Waals surface area contributed by atoms with E-state index < -0.39 is 0 Å². The lowest BCUT2D eigenvalue weighted by molar-refractivity contribution is -0.00210. The molecule has 1 aromatic heterocycles. The van der Waals surface area contributed by atoms with Gasteiger partial charge in [-0.3, -0.25) is 4.79 Å². The number of rotatable bonds is 2. The summed E-state index contributed by atoms with van der Waals surface area (Å²) in [6, 6.07) is 7.92. The first-order valence-corrected chi connectivity index (χ1v) is 9.24. The Hall–Kier alpha value is -2.63. The Morgan fingerprint density at radius 3 is 2.81 bits per heavy atom. The van der Waals surface area contributed by atoms with Gasteiger partial charge in [0.15, 0.2) is 0 Å². The van der Waals surface area contributed by atoms with E-state index in [9.17, 15) is 4.79 Å². The van der Waals surface area contributed by atoms with Crippen molar-refractivity contribution in [2.45, 2.75) is 57.1 Å². The van der Waals surface area contributed by atoms with Crippen LogP contribution in [0.3, 0.4) is 0 Å². The van der Waals surface area contributed by atoms with Gasteiger partial charge in [0.05, 0.1) is 17.3 Å². The summed E-state index contributed by atoms with van der Waals surface area (Å²) in [4.78, 5) is 20.9. The molecule has 1 spiro atoms. The van der Waals surface area contributed by atoms with E-state index in [-0.39, 0.29) is 23.5 Å². The zero-order valence-electron chi connectivity index (χ0n) is 15.0. The number of carbonyl (C=O) groups excluding carboxylic acids is 1. The molecule has 4 rings (SSSR count). The van der Waals surface area contributed by atoms with E-state index >= 15 is 0 Å². The summed E-state index contributed by atoms with van der Waals surface area (Å²) in [5.41, 5.74) is 7.51. The minimum absolute atomic E-state index is 0.0810.